The van der Waals surface area contributed by atoms with E-state index < -0.39 is 16.6 Å². The van der Waals surface area contributed by atoms with Crippen molar-refractivity contribution in [2.24, 2.45) is 0 Å². The summed E-state index contributed by atoms with van der Waals surface area (Å²) in [5.41, 5.74) is 0. The zero-order valence-electron chi connectivity index (χ0n) is 12.8. The summed E-state index contributed by atoms with van der Waals surface area (Å²) in [6.45, 7) is 12.6. The summed E-state index contributed by atoms with van der Waals surface area (Å²) in [6, 6.07) is 0. The Bertz CT molecular complexity index is 279. The molecule has 0 aromatic rings. The third kappa shape index (κ3) is 9.18. The molecule has 0 spiro atoms. The summed E-state index contributed by atoms with van der Waals surface area (Å²) in [6.07, 6.45) is 3.47. The molecule has 0 amide bonds. The Morgan fingerprint density at radius 2 is 0.944 bits per heavy atom. The van der Waals surface area contributed by atoms with Crippen LogP contribution < -0.4 is 0 Å². The number of methoxy groups -OCH3 is 2. The van der Waals surface area contributed by atoms with Crippen molar-refractivity contribution < 1.29 is 18.3 Å². The molecule has 0 aliphatic rings. The monoisotopic (exact) mass is 290 g/mol. The van der Waals surface area contributed by atoms with Crippen LogP contribution >= 0.6 is 0 Å². The summed E-state index contributed by atoms with van der Waals surface area (Å²) >= 11 is 0. The predicted octanol–water partition coefficient (Wildman–Crippen LogP) is 3.67. The van der Waals surface area contributed by atoms with Crippen LogP contribution in [0.3, 0.4) is 0 Å². The van der Waals surface area contributed by atoms with Gasteiger partial charge in [0.25, 0.3) is 11.9 Å². The van der Waals surface area contributed by atoms with Crippen molar-refractivity contribution in [3.63, 3.8) is 0 Å². The number of allylic oxidation sites excluding steroid dienone is 2. The maximum atomic E-state index is 5.75. The molecule has 0 unspecified atom stereocenters. The summed E-state index contributed by atoms with van der Waals surface area (Å²) < 4.78 is 21.9. The number of hydrogen-bond donors (Lipinski definition) is 0. The van der Waals surface area contributed by atoms with Gasteiger partial charge in [0, 0.05) is 12.2 Å². The van der Waals surface area contributed by atoms with Gasteiger partial charge in [-0.1, -0.05) is 0 Å². The third-order valence-electron chi connectivity index (χ3n) is 1.57. The minimum Gasteiger partial charge on any atom is -0.520 e. The van der Waals surface area contributed by atoms with E-state index in [-0.39, 0.29) is 0 Å². The summed E-state index contributed by atoms with van der Waals surface area (Å²) in [5, 5.41) is 0. The Morgan fingerprint density at radius 3 is 1.11 bits per heavy atom. The minimum atomic E-state index is -1.67. The second-order valence-corrected chi connectivity index (χ2v) is 14.7. The van der Waals surface area contributed by atoms with Crippen LogP contribution in [0.5, 0.6) is 0 Å². The molecule has 0 heterocycles. The van der Waals surface area contributed by atoms with Crippen molar-refractivity contribution in [2.75, 3.05) is 14.2 Å². The molecule has 18 heavy (non-hydrogen) atoms. The average molecular weight is 291 g/mol. The Hall–Kier alpha value is -0.886. The smallest absolute Gasteiger partial charge is 0.265 e. The molecule has 0 rings (SSSR count). The largest absolute Gasteiger partial charge is 0.520 e. The van der Waals surface area contributed by atoms with Crippen molar-refractivity contribution in [1.82, 2.24) is 0 Å². The summed E-state index contributed by atoms with van der Waals surface area (Å²) in [7, 11) is -0.154. The lowest BCUT2D eigenvalue weighted by Gasteiger charge is -2.21. The Balaban J connectivity index is 4.79. The molecular formula is C12H26O4Si2. The Labute approximate surface area is 113 Å². The van der Waals surface area contributed by atoms with Crippen molar-refractivity contribution >= 4 is 16.6 Å². The molecule has 4 nitrogen and oxygen atoms in total. The molecule has 0 N–H and O–H groups in total. The quantitative estimate of drug-likeness (QED) is 0.407. The van der Waals surface area contributed by atoms with E-state index in [1.54, 1.807) is 26.4 Å². The highest BCUT2D eigenvalue weighted by atomic mass is 28.4. The van der Waals surface area contributed by atoms with Gasteiger partial charge in [0.1, 0.15) is 0 Å². The normalized spacial score (nSPS) is 14.2. The molecule has 0 aromatic carbocycles. The fraction of sp³-hybridized carbons (Fsp3) is 0.667. The van der Waals surface area contributed by atoms with Crippen molar-refractivity contribution in [1.29, 1.82) is 0 Å². The molecule has 0 radical (unpaired) electrons. The van der Waals surface area contributed by atoms with E-state index in [2.05, 4.69) is 39.3 Å². The third-order valence-corrected chi connectivity index (χ3v) is 3.20. The van der Waals surface area contributed by atoms with Crippen LogP contribution in [0.25, 0.3) is 0 Å². The van der Waals surface area contributed by atoms with E-state index in [4.69, 9.17) is 18.3 Å². The van der Waals surface area contributed by atoms with Crippen LogP contribution in [0, 0.1) is 0 Å². The fourth-order valence-corrected chi connectivity index (χ4v) is 2.54. The molecular weight excluding hydrogens is 264 g/mol. The first-order chi connectivity index (χ1) is 8.07. The molecule has 0 atom stereocenters. The SMILES string of the molecule is COC(=CC=C(OC)O[Si](C)(C)C)O[Si](C)(C)C. The first-order valence-electron chi connectivity index (χ1n) is 5.95. The lowest BCUT2D eigenvalue weighted by atomic mass is 10.5. The van der Waals surface area contributed by atoms with Gasteiger partial charge in [0.2, 0.25) is 16.6 Å². The number of hydrogen-bond acceptors (Lipinski definition) is 4. The van der Waals surface area contributed by atoms with Gasteiger partial charge in [-0.2, -0.15) is 0 Å². The second-order valence-electron chi connectivity index (χ2n) is 5.81. The van der Waals surface area contributed by atoms with E-state index >= 15 is 0 Å². The van der Waals surface area contributed by atoms with Gasteiger partial charge in [0.05, 0.1) is 14.2 Å². The van der Waals surface area contributed by atoms with E-state index in [1.165, 1.54) is 0 Å². The van der Waals surface area contributed by atoms with Crippen LogP contribution in [0.4, 0.5) is 0 Å². The highest BCUT2D eigenvalue weighted by molar-refractivity contribution is 6.70. The highest BCUT2D eigenvalue weighted by Gasteiger charge is 2.19. The molecule has 0 fully saturated rings. The number of ether oxygens (including phenoxy) is 2. The topological polar surface area (TPSA) is 36.9 Å². The lowest BCUT2D eigenvalue weighted by Crippen LogP contribution is -2.26. The minimum absolute atomic E-state index is 0.489. The molecule has 0 bridgehead atoms. The molecule has 0 saturated heterocycles. The van der Waals surface area contributed by atoms with Crippen LogP contribution in [-0.4, -0.2) is 30.9 Å². The van der Waals surface area contributed by atoms with E-state index in [9.17, 15) is 0 Å². The zero-order chi connectivity index (χ0) is 14.4. The molecule has 0 saturated carbocycles. The lowest BCUT2D eigenvalue weighted by molar-refractivity contribution is 0.140. The first-order valence-corrected chi connectivity index (χ1v) is 12.8. The highest BCUT2D eigenvalue weighted by Crippen LogP contribution is 2.14. The van der Waals surface area contributed by atoms with Crippen LogP contribution in [-0.2, 0) is 18.3 Å². The molecule has 0 aliphatic carbocycles. The first kappa shape index (κ1) is 17.1. The van der Waals surface area contributed by atoms with Gasteiger partial charge in [-0.15, -0.1) is 0 Å². The van der Waals surface area contributed by atoms with Crippen molar-refractivity contribution in [3.05, 3.63) is 24.0 Å². The maximum Gasteiger partial charge on any atom is 0.265 e. The van der Waals surface area contributed by atoms with Crippen molar-refractivity contribution in [2.45, 2.75) is 39.3 Å². The van der Waals surface area contributed by atoms with Gasteiger partial charge in [-0.3, -0.25) is 0 Å². The molecule has 106 valence electrons. The van der Waals surface area contributed by atoms with Gasteiger partial charge >= 0.3 is 0 Å². The van der Waals surface area contributed by atoms with Gasteiger partial charge in [-0.25, -0.2) is 0 Å². The average Bonchev–Trinajstić information content (AvgIpc) is 2.18. The summed E-state index contributed by atoms with van der Waals surface area (Å²) in [5.74, 6) is 0.978. The van der Waals surface area contributed by atoms with E-state index in [0.29, 0.717) is 11.9 Å². The molecule has 0 aromatic heterocycles. The van der Waals surface area contributed by atoms with Crippen LogP contribution in [0.2, 0.25) is 39.3 Å². The van der Waals surface area contributed by atoms with Crippen LogP contribution in [0.15, 0.2) is 24.0 Å². The summed E-state index contributed by atoms with van der Waals surface area (Å²) in [4.78, 5) is 0. The van der Waals surface area contributed by atoms with Gasteiger partial charge < -0.3 is 18.3 Å². The standard InChI is InChI=1S/C12H26O4Si2/c1-13-11(15-17(3,4)5)9-10-12(14-2)16-18(6,7)8/h9-10H,1-8H3. The Morgan fingerprint density at radius 1 is 0.667 bits per heavy atom. The fourth-order valence-electron chi connectivity index (χ4n) is 1.03. The second kappa shape index (κ2) is 6.89. The Kier molecular flexibility index (Phi) is 6.55. The predicted molar refractivity (Wildman–Crippen MR) is 79.0 cm³/mol. The van der Waals surface area contributed by atoms with E-state index in [1.807, 2.05) is 0 Å². The molecule has 6 heteroatoms. The van der Waals surface area contributed by atoms with Crippen molar-refractivity contribution in [3.8, 4) is 0 Å². The van der Waals surface area contributed by atoms with Gasteiger partial charge in [0.15, 0.2) is 0 Å². The zero-order valence-corrected chi connectivity index (χ0v) is 14.8. The number of rotatable bonds is 7. The molecule has 0 aliphatic heterocycles. The van der Waals surface area contributed by atoms with E-state index in [0.717, 1.165) is 0 Å². The maximum absolute atomic E-state index is 5.75. The van der Waals surface area contributed by atoms with Gasteiger partial charge in [-0.05, 0) is 39.3 Å². The van der Waals surface area contributed by atoms with Crippen LogP contribution in [0.1, 0.15) is 0 Å².